The van der Waals surface area contributed by atoms with Crippen molar-refractivity contribution in [3.8, 4) is 0 Å². The van der Waals surface area contributed by atoms with E-state index in [2.05, 4.69) is 11.8 Å². The highest BCUT2D eigenvalue weighted by atomic mass is 32.5. The minimum absolute atomic E-state index is 0.371. The predicted octanol–water partition coefficient (Wildman–Crippen LogP) is 3.81. The van der Waals surface area contributed by atoms with E-state index in [4.69, 9.17) is 9.05 Å². The molecule has 0 aromatic rings. The Balaban J connectivity index is 3.49. The second-order valence-corrected chi connectivity index (χ2v) is 5.49. The molecular formula is C8H18FO2PS. The van der Waals surface area contributed by atoms with Crippen molar-refractivity contribution in [2.75, 3.05) is 13.2 Å². The molecule has 0 atom stereocenters. The predicted molar refractivity (Wildman–Crippen MR) is 57.1 cm³/mol. The van der Waals surface area contributed by atoms with Crippen LogP contribution in [-0.2, 0) is 20.9 Å². The van der Waals surface area contributed by atoms with Crippen LogP contribution in [-0.4, -0.2) is 13.2 Å². The van der Waals surface area contributed by atoms with Crippen LogP contribution in [0.3, 0.4) is 0 Å². The second kappa shape index (κ2) is 7.86. The zero-order valence-corrected chi connectivity index (χ0v) is 10.0. The zero-order chi connectivity index (χ0) is 10.2. The minimum Gasteiger partial charge on any atom is -0.306 e. The van der Waals surface area contributed by atoms with Gasteiger partial charge in [0, 0.05) is 0 Å². The van der Waals surface area contributed by atoms with Crippen LogP contribution >= 0.6 is 6.80 Å². The molecule has 0 aromatic heterocycles. The maximum atomic E-state index is 13.2. The van der Waals surface area contributed by atoms with Crippen molar-refractivity contribution < 1.29 is 13.2 Å². The average Bonchev–Trinajstić information content (AvgIpc) is 2.05. The molecule has 0 heterocycles. The summed E-state index contributed by atoms with van der Waals surface area (Å²) in [6.45, 7) is 1.36. The Kier molecular flexibility index (Phi) is 8.17. The van der Waals surface area contributed by atoms with E-state index >= 15 is 0 Å². The summed E-state index contributed by atoms with van der Waals surface area (Å²) in [6.07, 6.45) is 3.62. The summed E-state index contributed by atoms with van der Waals surface area (Å²) in [7, 11) is 0. The molecule has 0 saturated heterocycles. The first-order valence-corrected chi connectivity index (χ1v) is 7.24. The third-order valence-corrected chi connectivity index (χ3v) is 3.10. The first-order valence-electron chi connectivity index (χ1n) is 4.71. The summed E-state index contributed by atoms with van der Waals surface area (Å²) < 4.78 is 22.9. The van der Waals surface area contributed by atoms with Crippen LogP contribution < -0.4 is 0 Å². The molecule has 0 saturated carbocycles. The molecule has 80 valence electrons. The van der Waals surface area contributed by atoms with Gasteiger partial charge in [-0.2, -0.15) is 4.20 Å². The van der Waals surface area contributed by atoms with Gasteiger partial charge in [-0.1, -0.05) is 26.7 Å². The third-order valence-electron chi connectivity index (χ3n) is 1.49. The summed E-state index contributed by atoms with van der Waals surface area (Å²) in [4.78, 5) is 0. The fourth-order valence-electron chi connectivity index (χ4n) is 0.673. The van der Waals surface area contributed by atoms with Crippen LogP contribution in [0.4, 0.5) is 4.20 Å². The average molecular weight is 228 g/mol. The Hall–Kier alpha value is 0.500. The summed E-state index contributed by atoms with van der Waals surface area (Å²) in [5.74, 6) is 0. The van der Waals surface area contributed by atoms with Gasteiger partial charge in [-0.25, -0.2) is 0 Å². The first kappa shape index (κ1) is 13.5. The summed E-state index contributed by atoms with van der Waals surface area (Å²) >= 11 is 4.57. The van der Waals surface area contributed by atoms with E-state index in [0.29, 0.717) is 13.2 Å². The quantitative estimate of drug-likeness (QED) is 0.465. The molecule has 0 amide bonds. The molecule has 0 N–H and O–H groups in total. The highest BCUT2D eigenvalue weighted by Gasteiger charge is 2.16. The van der Waals surface area contributed by atoms with Crippen molar-refractivity contribution >= 4 is 18.6 Å². The van der Waals surface area contributed by atoms with Gasteiger partial charge in [-0.3, -0.25) is 0 Å². The van der Waals surface area contributed by atoms with E-state index < -0.39 is 6.80 Å². The lowest BCUT2D eigenvalue weighted by Gasteiger charge is -2.12. The van der Waals surface area contributed by atoms with E-state index in [1.807, 2.05) is 13.8 Å². The van der Waals surface area contributed by atoms with E-state index in [0.717, 1.165) is 25.7 Å². The van der Waals surface area contributed by atoms with Crippen molar-refractivity contribution in [2.45, 2.75) is 39.5 Å². The Bertz CT molecular complexity index is 152. The Labute approximate surface area is 85.1 Å². The van der Waals surface area contributed by atoms with E-state index in [9.17, 15) is 4.20 Å². The van der Waals surface area contributed by atoms with Gasteiger partial charge in [0.15, 0.2) is 0 Å². The molecule has 0 fully saturated rings. The van der Waals surface area contributed by atoms with Crippen molar-refractivity contribution in [3.63, 3.8) is 0 Å². The molecule has 2 nitrogen and oxygen atoms in total. The highest BCUT2D eigenvalue weighted by Crippen LogP contribution is 2.50. The van der Waals surface area contributed by atoms with Crippen molar-refractivity contribution in [1.82, 2.24) is 0 Å². The van der Waals surface area contributed by atoms with Crippen molar-refractivity contribution in [1.29, 1.82) is 0 Å². The monoisotopic (exact) mass is 228 g/mol. The van der Waals surface area contributed by atoms with Gasteiger partial charge in [-0.15, -0.1) is 0 Å². The molecular weight excluding hydrogens is 210 g/mol. The largest absolute Gasteiger partial charge is 0.365 e. The molecule has 0 aliphatic rings. The Morgan fingerprint density at radius 3 is 1.77 bits per heavy atom. The number of hydrogen-bond acceptors (Lipinski definition) is 3. The van der Waals surface area contributed by atoms with Gasteiger partial charge in [-0.05, 0) is 24.6 Å². The van der Waals surface area contributed by atoms with Gasteiger partial charge < -0.3 is 9.05 Å². The molecule has 0 bridgehead atoms. The number of rotatable bonds is 8. The third kappa shape index (κ3) is 8.82. The summed E-state index contributed by atoms with van der Waals surface area (Å²) in [5, 5.41) is 0. The second-order valence-electron chi connectivity index (χ2n) is 2.80. The molecule has 0 unspecified atom stereocenters. The first-order chi connectivity index (χ1) is 6.12. The maximum Gasteiger partial charge on any atom is 0.365 e. The molecule has 13 heavy (non-hydrogen) atoms. The SMILES string of the molecule is CCCCOP(F)(=S)OCCCC. The van der Waals surface area contributed by atoms with Crippen LogP contribution in [0, 0.1) is 0 Å². The van der Waals surface area contributed by atoms with Gasteiger partial charge >= 0.3 is 6.80 Å². The van der Waals surface area contributed by atoms with Crippen LogP contribution in [0.15, 0.2) is 0 Å². The zero-order valence-electron chi connectivity index (χ0n) is 8.29. The molecule has 0 radical (unpaired) electrons. The standard InChI is InChI=1S/C8H18FO2PS/c1-3-5-7-10-12(9,13)11-8-6-4-2/h3-8H2,1-2H3. The number of unbranched alkanes of at least 4 members (excludes halogenated alkanes) is 2. The molecule has 0 rings (SSSR count). The van der Waals surface area contributed by atoms with Crippen molar-refractivity contribution in [3.05, 3.63) is 0 Å². The van der Waals surface area contributed by atoms with E-state index in [1.54, 1.807) is 0 Å². The molecule has 0 spiro atoms. The van der Waals surface area contributed by atoms with Crippen LogP contribution in [0.5, 0.6) is 0 Å². The normalized spacial score (nSPS) is 11.9. The molecule has 0 aromatic carbocycles. The topological polar surface area (TPSA) is 18.5 Å². The number of hydrogen-bond donors (Lipinski definition) is 0. The highest BCUT2D eigenvalue weighted by molar-refractivity contribution is 8.07. The van der Waals surface area contributed by atoms with Gasteiger partial charge in [0.1, 0.15) is 0 Å². The molecule has 5 heteroatoms. The van der Waals surface area contributed by atoms with Gasteiger partial charge in [0.05, 0.1) is 13.2 Å². The lowest BCUT2D eigenvalue weighted by molar-refractivity contribution is 0.215. The minimum atomic E-state index is -3.42. The fourth-order valence-corrected chi connectivity index (χ4v) is 1.89. The maximum absolute atomic E-state index is 13.2. The molecule has 0 aliphatic carbocycles. The smallest absolute Gasteiger partial charge is 0.306 e. The van der Waals surface area contributed by atoms with Gasteiger partial charge in [0.25, 0.3) is 0 Å². The Morgan fingerprint density at radius 2 is 1.46 bits per heavy atom. The van der Waals surface area contributed by atoms with Crippen LogP contribution in [0.2, 0.25) is 0 Å². The van der Waals surface area contributed by atoms with Crippen molar-refractivity contribution in [2.24, 2.45) is 0 Å². The van der Waals surface area contributed by atoms with Crippen LogP contribution in [0.1, 0.15) is 39.5 Å². The summed E-state index contributed by atoms with van der Waals surface area (Å²) in [6, 6.07) is 0. The van der Waals surface area contributed by atoms with Crippen LogP contribution in [0.25, 0.3) is 0 Å². The number of halogens is 1. The van der Waals surface area contributed by atoms with E-state index in [1.165, 1.54) is 0 Å². The van der Waals surface area contributed by atoms with Gasteiger partial charge in [0.2, 0.25) is 0 Å². The lowest BCUT2D eigenvalue weighted by Crippen LogP contribution is -1.95. The summed E-state index contributed by atoms with van der Waals surface area (Å²) in [5.41, 5.74) is 0. The Morgan fingerprint density at radius 1 is 1.08 bits per heavy atom. The lowest BCUT2D eigenvalue weighted by atomic mass is 10.4. The fraction of sp³-hybridized carbons (Fsp3) is 1.00. The van der Waals surface area contributed by atoms with E-state index in [-0.39, 0.29) is 0 Å². The molecule has 0 aliphatic heterocycles.